The third kappa shape index (κ3) is 10.8. The molecule has 0 bridgehead atoms. The third-order valence-electron chi connectivity index (χ3n) is 12.7. The van der Waals surface area contributed by atoms with E-state index < -0.39 is 11.9 Å². The van der Waals surface area contributed by atoms with E-state index in [2.05, 4.69) is 128 Å². The maximum absolute atomic E-state index is 13.7. The number of ether oxygens (including phenoxy) is 2. The van der Waals surface area contributed by atoms with Gasteiger partial charge in [0.1, 0.15) is 24.1 Å². The number of aromatic hydroxyl groups is 1. The van der Waals surface area contributed by atoms with Gasteiger partial charge in [-0.2, -0.15) is 0 Å². The molecule has 4 unspecified atom stereocenters. The Labute approximate surface area is 313 Å². The minimum Gasteiger partial charge on any atom is -0.507 e. The Balaban J connectivity index is 0.000000579. The molecule has 7 heteroatoms. The molecule has 2 fully saturated rings. The van der Waals surface area contributed by atoms with Crippen molar-refractivity contribution in [2.24, 2.45) is 5.92 Å². The summed E-state index contributed by atoms with van der Waals surface area (Å²) in [4.78, 5) is 31.2. The number of hydrogen-bond donors (Lipinski definition) is 1. The number of phenolic OH excluding ortho intramolecular Hbond substituents is 1. The van der Waals surface area contributed by atoms with Gasteiger partial charge in [-0.15, -0.1) is 0 Å². The van der Waals surface area contributed by atoms with Crippen LogP contribution in [0.2, 0.25) is 0 Å². The fourth-order valence-corrected chi connectivity index (χ4v) is 8.58. The lowest BCUT2D eigenvalue weighted by atomic mass is 9.74. The highest BCUT2D eigenvalue weighted by atomic mass is 16.5. The number of esters is 1. The Kier molecular flexibility index (Phi) is 14.7. The predicted octanol–water partition coefficient (Wildman–Crippen LogP) is 9.94. The Hall–Kier alpha value is -1.96. The van der Waals surface area contributed by atoms with Crippen molar-refractivity contribution in [3.8, 4) is 5.75 Å². The number of aldehydes is 1. The van der Waals surface area contributed by atoms with Crippen LogP contribution < -0.4 is 0 Å². The van der Waals surface area contributed by atoms with Gasteiger partial charge in [0, 0.05) is 48.0 Å². The zero-order chi connectivity index (χ0) is 39.5. The van der Waals surface area contributed by atoms with E-state index in [-0.39, 0.29) is 45.0 Å². The van der Waals surface area contributed by atoms with Gasteiger partial charge in [-0.25, -0.2) is 0 Å². The van der Waals surface area contributed by atoms with Crippen molar-refractivity contribution >= 4 is 12.3 Å². The molecule has 1 aromatic rings. The molecule has 0 aliphatic carbocycles. The van der Waals surface area contributed by atoms with E-state index >= 15 is 0 Å². The first kappa shape index (κ1) is 45.2. The summed E-state index contributed by atoms with van der Waals surface area (Å²) in [5, 5.41) is 11.2. The number of unbranched alkanes of at least 4 members (excludes halogenated alkanes) is 1. The van der Waals surface area contributed by atoms with Crippen LogP contribution in [0.5, 0.6) is 5.75 Å². The summed E-state index contributed by atoms with van der Waals surface area (Å²) in [5.74, 6) is -1.31. The van der Waals surface area contributed by atoms with Crippen molar-refractivity contribution in [2.45, 2.75) is 206 Å². The van der Waals surface area contributed by atoms with Crippen LogP contribution in [-0.4, -0.2) is 82.7 Å². The van der Waals surface area contributed by atoms with Crippen LogP contribution in [0.25, 0.3) is 0 Å². The highest BCUT2D eigenvalue weighted by Crippen LogP contribution is 2.45. The molecule has 294 valence electrons. The van der Waals surface area contributed by atoms with Crippen molar-refractivity contribution in [2.75, 3.05) is 21.2 Å². The summed E-state index contributed by atoms with van der Waals surface area (Å²) < 4.78 is 11.7. The topological polar surface area (TPSA) is 79.3 Å². The second-order valence-electron chi connectivity index (χ2n) is 20.0. The molecule has 2 aliphatic heterocycles. The second kappa shape index (κ2) is 16.6. The van der Waals surface area contributed by atoms with E-state index in [9.17, 15) is 14.7 Å². The van der Waals surface area contributed by atoms with Crippen LogP contribution in [0.1, 0.15) is 178 Å². The number of phenols is 1. The van der Waals surface area contributed by atoms with Crippen LogP contribution in [0.15, 0.2) is 12.1 Å². The highest BCUT2D eigenvalue weighted by molar-refractivity contribution is 5.89. The van der Waals surface area contributed by atoms with Gasteiger partial charge in [0.25, 0.3) is 0 Å². The molecular formula is C44H78N2O5. The Morgan fingerprint density at radius 1 is 0.843 bits per heavy atom. The molecular weight excluding hydrogens is 636 g/mol. The Bertz CT molecular complexity index is 1270. The van der Waals surface area contributed by atoms with Crippen LogP contribution >= 0.6 is 0 Å². The van der Waals surface area contributed by atoms with E-state index in [1.165, 1.54) is 0 Å². The third-order valence-corrected chi connectivity index (χ3v) is 12.7. The van der Waals surface area contributed by atoms with Crippen molar-refractivity contribution in [1.29, 1.82) is 0 Å². The normalized spacial score (nSPS) is 25.3. The number of piperidine rings is 2. The highest BCUT2D eigenvalue weighted by Gasteiger charge is 2.47. The molecule has 3 rings (SSSR count). The van der Waals surface area contributed by atoms with Crippen molar-refractivity contribution in [3.05, 3.63) is 28.8 Å². The number of likely N-dealkylation sites (tertiary alicyclic amines) is 2. The van der Waals surface area contributed by atoms with E-state index in [1.54, 1.807) is 0 Å². The number of carbonyl (C=O) groups is 2. The minimum atomic E-state index is -0.887. The maximum atomic E-state index is 13.7. The molecule has 2 heterocycles. The van der Waals surface area contributed by atoms with Crippen molar-refractivity contribution in [3.63, 3.8) is 0 Å². The molecule has 0 amide bonds. The van der Waals surface area contributed by atoms with Gasteiger partial charge < -0.3 is 19.4 Å². The smallest absolute Gasteiger partial charge is 0.317 e. The molecule has 0 radical (unpaired) electrons. The Morgan fingerprint density at radius 3 is 1.69 bits per heavy atom. The zero-order valence-corrected chi connectivity index (χ0v) is 36.2. The van der Waals surface area contributed by atoms with E-state index in [0.29, 0.717) is 18.3 Å². The van der Waals surface area contributed by atoms with Gasteiger partial charge in [0.05, 0.1) is 6.10 Å². The molecule has 0 spiro atoms. The number of hydrogen-bond acceptors (Lipinski definition) is 7. The summed E-state index contributed by atoms with van der Waals surface area (Å²) in [5.41, 5.74) is 2.34. The number of carbonyl (C=O) groups excluding carboxylic acids is 2. The van der Waals surface area contributed by atoms with E-state index in [1.807, 2.05) is 19.2 Å². The van der Waals surface area contributed by atoms with Gasteiger partial charge in [0.15, 0.2) is 0 Å². The number of benzene rings is 1. The maximum Gasteiger partial charge on any atom is 0.317 e. The largest absolute Gasteiger partial charge is 0.507 e. The number of nitrogens with zero attached hydrogens (tertiary/aromatic N) is 2. The standard InChI is InChI=1S/C33H55NO4.C11H23NO/c1-13-15-16-24(22-17-26(30(3,4)5)28(36)27(18-22)31(6,7)8)25(21-35)29(37)38-23-19-32(9,10)34(12)33(11,14-2)20-23;1-10(2)7-9(13-6)8-11(3,4)12(10)5/h17-18,21,23-25,36H,13-16,19-20H2,1-12H3;9H,7-8H2,1-6H3. The molecule has 1 aromatic carbocycles. The predicted molar refractivity (Wildman–Crippen MR) is 213 cm³/mol. The van der Waals surface area contributed by atoms with Gasteiger partial charge in [-0.1, -0.05) is 80.4 Å². The van der Waals surface area contributed by atoms with Crippen LogP contribution in [-0.2, 0) is 29.9 Å². The SMILES string of the molecule is CCCCC(c1cc(C(C)(C)C)c(O)c(C(C)(C)C)c1)C(C=O)C(=O)OC1CC(C)(C)N(C)C(C)(CC)C1.COC1CC(C)(C)N(C)C(C)(C)C1. The average molecular weight is 715 g/mol. The van der Waals surface area contributed by atoms with Gasteiger partial charge in [-0.3, -0.25) is 14.6 Å². The van der Waals surface area contributed by atoms with Crippen LogP contribution in [0.3, 0.4) is 0 Å². The molecule has 1 N–H and O–H groups in total. The van der Waals surface area contributed by atoms with E-state index in [4.69, 9.17) is 9.47 Å². The molecule has 51 heavy (non-hydrogen) atoms. The number of rotatable bonds is 10. The second-order valence-corrected chi connectivity index (χ2v) is 20.0. The summed E-state index contributed by atoms with van der Waals surface area (Å²) in [6, 6.07) is 4.03. The molecule has 2 aliphatic rings. The fraction of sp³-hybridized carbons (Fsp3) is 0.818. The molecule has 2 saturated heterocycles. The van der Waals surface area contributed by atoms with Crippen LogP contribution in [0, 0.1) is 5.92 Å². The van der Waals surface area contributed by atoms with E-state index in [0.717, 1.165) is 67.9 Å². The lowest BCUT2D eigenvalue weighted by Gasteiger charge is -2.54. The first-order valence-electron chi connectivity index (χ1n) is 19.7. The quantitative estimate of drug-likeness (QED) is 0.147. The minimum absolute atomic E-state index is 0.0782. The first-order valence-corrected chi connectivity index (χ1v) is 19.7. The monoisotopic (exact) mass is 715 g/mol. The number of methoxy groups -OCH3 is 1. The van der Waals surface area contributed by atoms with Crippen molar-refractivity contribution < 1.29 is 24.2 Å². The lowest BCUT2D eigenvalue weighted by molar-refractivity contribution is -0.165. The van der Waals surface area contributed by atoms with Gasteiger partial charge in [0.2, 0.25) is 0 Å². The van der Waals surface area contributed by atoms with Crippen molar-refractivity contribution in [1.82, 2.24) is 9.80 Å². The van der Waals surface area contributed by atoms with Crippen LogP contribution in [0.4, 0.5) is 0 Å². The average Bonchev–Trinajstić information content (AvgIpc) is 2.99. The molecule has 0 aromatic heterocycles. The van der Waals surface area contributed by atoms with Gasteiger partial charge >= 0.3 is 5.97 Å². The lowest BCUT2D eigenvalue weighted by Crippen LogP contribution is -2.61. The molecule has 7 nitrogen and oxygen atoms in total. The summed E-state index contributed by atoms with van der Waals surface area (Å²) in [7, 11) is 6.19. The molecule has 0 saturated carbocycles. The first-order chi connectivity index (χ1) is 23.1. The summed E-state index contributed by atoms with van der Waals surface area (Å²) >= 11 is 0. The van der Waals surface area contributed by atoms with Gasteiger partial charge in [-0.05, 0) is 116 Å². The fourth-order valence-electron chi connectivity index (χ4n) is 8.58. The molecule has 4 atom stereocenters. The summed E-state index contributed by atoms with van der Waals surface area (Å²) in [6.07, 6.45) is 8.24. The Morgan fingerprint density at radius 2 is 1.29 bits per heavy atom. The summed E-state index contributed by atoms with van der Waals surface area (Å²) in [6.45, 7) is 32.6. The zero-order valence-electron chi connectivity index (χ0n) is 36.2.